The van der Waals surface area contributed by atoms with E-state index in [1.165, 1.54) is 29.2 Å². The van der Waals surface area contributed by atoms with Crippen molar-refractivity contribution < 1.29 is 19.6 Å². The molecule has 0 bridgehead atoms. The number of aliphatic hydroxyl groups is 1. The number of hydrogen-bond acceptors (Lipinski definition) is 6. The lowest BCUT2D eigenvalue weighted by Gasteiger charge is -2.25. The summed E-state index contributed by atoms with van der Waals surface area (Å²) in [5.74, 6) is -1.70. The fourth-order valence-electron chi connectivity index (χ4n) is 3.54. The van der Waals surface area contributed by atoms with Crippen molar-refractivity contribution in [1.29, 1.82) is 0 Å². The second kappa shape index (κ2) is 8.87. The summed E-state index contributed by atoms with van der Waals surface area (Å²) in [6.45, 7) is 1.03. The Morgan fingerprint density at radius 2 is 1.73 bits per heavy atom. The number of nitro groups is 1. The Bertz CT molecular complexity index is 984. The van der Waals surface area contributed by atoms with Crippen molar-refractivity contribution in [3.05, 3.63) is 81.4 Å². The smallest absolute Gasteiger partial charge is 0.295 e. The number of aliphatic hydroxyl groups excluding tert-OH is 1. The van der Waals surface area contributed by atoms with Gasteiger partial charge in [0, 0.05) is 24.2 Å². The lowest BCUT2D eigenvalue weighted by molar-refractivity contribution is -0.384. The second-order valence-electron chi connectivity index (χ2n) is 7.36. The largest absolute Gasteiger partial charge is 0.507 e. The maximum atomic E-state index is 12.9. The molecule has 0 saturated carbocycles. The quantitative estimate of drug-likeness (QED) is 0.248. The number of nitro benzene ring substituents is 1. The normalized spacial score (nSPS) is 18.2. The molecule has 8 nitrogen and oxygen atoms in total. The highest BCUT2D eigenvalue weighted by molar-refractivity contribution is 6.46. The van der Waals surface area contributed by atoms with Crippen LogP contribution in [0.15, 0.2) is 60.2 Å². The number of hydrogen-bond donors (Lipinski definition) is 1. The topological polar surface area (TPSA) is 104 Å². The van der Waals surface area contributed by atoms with Crippen LogP contribution in [0.4, 0.5) is 5.69 Å². The van der Waals surface area contributed by atoms with Gasteiger partial charge in [-0.05, 0) is 44.8 Å². The number of amides is 1. The van der Waals surface area contributed by atoms with Crippen LogP contribution in [0, 0.1) is 10.1 Å². The zero-order valence-corrected chi connectivity index (χ0v) is 16.8. The van der Waals surface area contributed by atoms with Crippen molar-refractivity contribution in [2.45, 2.75) is 12.5 Å². The lowest BCUT2D eigenvalue weighted by atomic mass is 9.95. The molecular formula is C22H23N3O5. The number of likely N-dealkylation sites (tertiary alicyclic amines) is 1. The molecule has 0 spiro atoms. The molecule has 0 aliphatic carbocycles. The van der Waals surface area contributed by atoms with Gasteiger partial charge in [0.2, 0.25) is 0 Å². The van der Waals surface area contributed by atoms with Gasteiger partial charge in [-0.2, -0.15) is 0 Å². The zero-order chi connectivity index (χ0) is 21.8. The maximum absolute atomic E-state index is 12.9. The van der Waals surface area contributed by atoms with Crippen LogP contribution < -0.4 is 0 Å². The first-order chi connectivity index (χ1) is 14.3. The van der Waals surface area contributed by atoms with Crippen LogP contribution in [0.25, 0.3) is 5.76 Å². The van der Waals surface area contributed by atoms with Crippen LogP contribution in [-0.2, 0) is 9.59 Å². The van der Waals surface area contributed by atoms with Crippen molar-refractivity contribution in [2.24, 2.45) is 0 Å². The minimum atomic E-state index is -0.812. The molecule has 1 saturated heterocycles. The van der Waals surface area contributed by atoms with Gasteiger partial charge in [0.1, 0.15) is 5.76 Å². The second-order valence-corrected chi connectivity index (χ2v) is 7.36. The van der Waals surface area contributed by atoms with Crippen molar-refractivity contribution in [2.75, 3.05) is 27.2 Å². The van der Waals surface area contributed by atoms with Crippen LogP contribution in [0.5, 0.6) is 0 Å². The Morgan fingerprint density at radius 3 is 2.30 bits per heavy atom. The van der Waals surface area contributed by atoms with Gasteiger partial charge >= 0.3 is 0 Å². The van der Waals surface area contributed by atoms with Crippen LogP contribution >= 0.6 is 0 Å². The molecule has 3 rings (SSSR count). The molecule has 1 aliphatic heterocycles. The Balaban J connectivity index is 2.08. The van der Waals surface area contributed by atoms with Gasteiger partial charge < -0.3 is 14.9 Å². The van der Waals surface area contributed by atoms with E-state index >= 15 is 0 Å². The first-order valence-corrected chi connectivity index (χ1v) is 9.54. The van der Waals surface area contributed by atoms with E-state index in [-0.39, 0.29) is 17.0 Å². The summed E-state index contributed by atoms with van der Waals surface area (Å²) in [4.78, 5) is 39.5. The molecule has 30 heavy (non-hydrogen) atoms. The molecule has 156 valence electrons. The van der Waals surface area contributed by atoms with Gasteiger partial charge in [0.05, 0.1) is 16.5 Å². The highest BCUT2D eigenvalue weighted by Crippen LogP contribution is 2.39. The van der Waals surface area contributed by atoms with E-state index in [4.69, 9.17) is 0 Å². The molecule has 2 aromatic carbocycles. The molecular weight excluding hydrogens is 386 g/mol. The minimum absolute atomic E-state index is 0.00935. The van der Waals surface area contributed by atoms with Crippen LogP contribution in [0.2, 0.25) is 0 Å². The number of benzene rings is 2. The molecule has 2 aromatic rings. The number of non-ortho nitro benzene ring substituents is 1. The summed E-state index contributed by atoms with van der Waals surface area (Å²) in [5.41, 5.74) is 0.856. The third-order valence-corrected chi connectivity index (χ3v) is 5.01. The molecule has 1 N–H and O–H groups in total. The van der Waals surface area contributed by atoms with Gasteiger partial charge in [0.25, 0.3) is 17.4 Å². The highest BCUT2D eigenvalue weighted by Gasteiger charge is 2.45. The number of rotatable bonds is 7. The molecule has 1 unspecified atom stereocenters. The van der Waals surface area contributed by atoms with Crippen molar-refractivity contribution in [3.8, 4) is 0 Å². The van der Waals surface area contributed by atoms with Gasteiger partial charge in [-0.1, -0.05) is 30.3 Å². The predicted molar refractivity (Wildman–Crippen MR) is 112 cm³/mol. The maximum Gasteiger partial charge on any atom is 0.295 e. The number of carbonyl (C=O) groups excluding carboxylic acids is 2. The van der Waals surface area contributed by atoms with E-state index in [1.54, 1.807) is 30.3 Å². The van der Waals surface area contributed by atoms with E-state index in [0.29, 0.717) is 30.6 Å². The molecule has 1 atom stereocenters. The average Bonchev–Trinajstić information content (AvgIpc) is 2.98. The summed E-state index contributed by atoms with van der Waals surface area (Å²) in [6.07, 6.45) is 0.634. The summed E-state index contributed by atoms with van der Waals surface area (Å²) in [6, 6.07) is 13.4. The summed E-state index contributed by atoms with van der Waals surface area (Å²) in [5, 5.41) is 21.9. The van der Waals surface area contributed by atoms with Gasteiger partial charge in [0.15, 0.2) is 0 Å². The first-order valence-electron chi connectivity index (χ1n) is 9.54. The minimum Gasteiger partial charge on any atom is -0.507 e. The number of ketones is 1. The summed E-state index contributed by atoms with van der Waals surface area (Å²) in [7, 11) is 3.83. The van der Waals surface area contributed by atoms with Crippen LogP contribution in [-0.4, -0.2) is 58.7 Å². The van der Waals surface area contributed by atoms with Gasteiger partial charge in [-0.25, -0.2) is 0 Å². The number of nitrogens with zero attached hydrogens (tertiary/aromatic N) is 3. The molecule has 1 heterocycles. The molecule has 1 amide bonds. The SMILES string of the molecule is CN(C)CCCN1C(=O)C(=O)/C(=C(\O)c2ccccc2)C1c1ccc([N+](=O)[O-])cc1. The third kappa shape index (κ3) is 4.23. The van der Waals surface area contributed by atoms with E-state index in [0.717, 1.165) is 0 Å². The third-order valence-electron chi connectivity index (χ3n) is 5.01. The number of carbonyl (C=O) groups is 2. The zero-order valence-electron chi connectivity index (χ0n) is 16.8. The molecule has 1 fully saturated rings. The lowest BCUT2D eigenvalue weighted by Crippen LogP contribution is -2.32. The van der Waals surface area contributed by atoms with Crippen molar-refractivity contribution >= 4 is 23.1 Å². The predicted octanol–water partition coefficient (Wildman–Crippen LogP) is 2.97. The average molecular weight is 409 g/mol. The summed E-state index contributed by atoms with van der Waals surface area (Å²) < 4.78 is 0. The Morgan fingerprint density at radius 1 is 1.10 bits per heavy atom. The van der Waals surface area contributed by atoms with Gasteiger partial charge in [-0.15, -0.1) is 0 Å². The van der Waals surface area contributed by atoms with E-state index < -0.39 is 22.7 Å². The van der Waals surface area contributed by atoms with E-state index in [2.05, 4.69) is 0 Å². The van der Waals surface area contributed by atoms with Crippen LogP contribution in [0.3, 0.4) is 0 Å². The fraction of sp³-hybridized carbons (Fsp3) is 0.273. The monoisotopic (exact) mass is 409 g/mol. The van der Waals surface area contributed by atoms with E-state index in [1.807, 2.05) is 19.0 Å². The molecule has 1 aliphatic rings. The highest BCUT2D eigenvalue weighted by atomic mass is 16.6. The van der Waals surface area contributed by atoms with Gasteiger partial charge in [-0.3, -0.25) is 19.7 Å². The number of Topliss-reactive ketones (excluding diaryl/α,β-unsaturated/α-hetero) is 1. The summed E-state index contributed by atoms with van der Waals surface area (Å²) >= 11 is 0. The van der Waals surface area contributed by atoms with Crippen LogP contribution in [0.1, 0.15) is 23.6 Å². The standard InChI is InChI=1S/C22H23N3O5/c1-23(2)13-6-14-24-19(15-9-11-17(12-10-15)25(29)30)18(21(27)22(24)28)20(26)16-7-4-3-5-8-16/h3-5,7-12,19,26H,6,13-14H2,1-2H3/b20-18-. The van der Waals surface area contributed by atoms with Crippen molar-refractivity contribution in [3.63, 3.8) is 0 Å². The Labute approximate surface area is 174 Å². The first kappa shape index (κ1) is 21.2. The molecule has 0 aromatic heterocycles. The van der Waals surface area contributed by atoms with E-state index in [9.17, 15) is 24.8 Å². The van der Waals surface area contributed by atoms with Crippen molar-refractivity contribution in [1.82, 2.24) is 9.80 Å². The Kier molecular flexibility index (Phi) is 6.27. The molecule has 8 heteroatoms. The fourth-order valence-corrected chi connectivity index (χ4v) is 3.54. The molecule has 0 radical (unpaired) electrons. The Hall–Kier alpha value is -3.52.